The summed E-state index contributed by atoms with van der Waals surface area (Å²) in [6.07, 6.45) is 0. The predicted molar refractivity (Wildman–Crippen MR) is 96.6 cm³/mol. The van der Waals surface area contributed by atoms with E-state index in [0.29, 0.717) is 11.6 Å². The van der Waals surface area contributed by atoms with Crippen LogP contribution >= 0.6 is 11.8 Å². The molecule has 0 aromatic heterocycles. The maximum atomic E-state index is 13.0. The highest BCUT2D eigenvalue weighted by atomic mass is 32.2. The molecule has 120 valence electrons. The summed E-state index contributed by atoms with van der Waals surface area (Å²) in [6, 6.07) is 19.9. The molecule has 1 unspecified atom stereocenters. The second-order valence-electron chi connectivity index (χ2n) is 5.14. The second kappa shape index (κ2) is 7.77. The fraction of sp³-hybridized carbons (Fsp3) is 0.235. The van der Waals surface area contributed by atoms with Crippen molar-refractivity contribution in [3.8, 4) is 0 Å². The lowest BCUT2D eigenvalue weighted by molar-refractivity contribution is 0.133. The normalized spacial score (nSPS) is 15.7. The van der Waals surface area contributed by atoms with E-state index in [1.165, 1.54) is 11.8 Å². The predicted octanol–water partition coefficient (Wildman–Crippen LogP) is 2.79. The third-order valence-electron chi connectivity index (χ3n) is 3.53. The molecule has 0 spiro atoms. The van der Waals surface area contributed by atoms with E-state index in [4.69, 9.17) is 5.11 Å². The van der Waals surface area contributed by atoms with Crippen molar-refractivity contribution in [2.24, 2.45) is 5.10 Å². The van der Waals surface area contributed by atoms with Crippen molar-refractivity contribution in [3.63, 3.8) is 0 Å². The number of aliphatic hydroxyl groups is 1. The van der Waals surface area contributed by atoms with E-state index in [9.17, 15) is 4.21 Å². The van der Waals surface area contributed by atoms with Crippen LogP contribution in [0.4, 0.5) is 0 Å². The monoisotopic (exact) mass is 346 g/mol. The molecule has 0 aliphatic carbocycles. The van der Waals surface area contributed by atoms with Crippen LogP contribution in [0.3, 0.4) is 0 Å². The first-order chi connectivity index (χ1) is 11.3. The fourth-order valence-electron chi connectivity index (χ4n) is 2.46. The van der Waals surface area contributed by atoms with Crippen molar-refractivity contribution in [1.82, 2.24) is 5.01 Å². The Labute approximate surface area is 142 Å². The summed E-state index contributed by atoms with van der Waals surface area (Å²) in [6.45, 7) is -0.107. The molecule has 0 saturated carbocycles. The summed E-state index contributed by atoms with van der Waals surface area (Å²) in [4.78, 5) is 0. The molecule has 2 aromatic rings. The maximum Gasteiger partial charge on any atom is 0.132 e. The van der Waals surface area contributed by atoms with Gasteiger partial charge in [0, 0.05) is 10.8 Å². The van der Waals surface area contributed by atoms with Crippen LogP contribution in [0.2, 0.25) is 0 Å². The topological polar surface area (TPSA) is 52.9 Å². The number of hydrogen-bond donors (Lipinski definition) is 1. The van der Waals surface area contributed by atoms with Crippen molar-refractivity contribution >= 4 is 27.6 Å². The number of rotatable bonds is 6. The van der Waals surface area contributed by atoms with Crippen LogP contribution in [0.25, 0.3) is 0 Å². The van der Waals surface area contributed by atoms with E-state index in [1.54, 1.807) is 5.01 Å². The third kappa shape index (κ3) is 4.02. The van der Waals surface area contributed by atoms with Gasteiger partial charge in [0.2, 0.25) is 0 Å². The van der Waals surface area contributed by atoms with Gasteiger partial charge in [-0.2, -0.15) is 5.10 Å². The van der Waals surface area contributed by atoms with Gasteiger partial charge in [-0.3, -0.25) is 9.22 Å². The minimum Gasteiger partial charge on any atom is -0.375 e. The van der Waals surface area contributed by atoms with Crippen LogP contribution in [-0.2, 0) is 10.8 Å². The van der Waals surface area contributed by atoms with Crippen LogP contribution < -0.4 is 0 Å². The zero-order valence-corrected chi connectivity index (χ0v) is 14.2. The van der Waals surface area contributed by atoms with Gasteiger partial charge in [-0.1, -0.05) is 72.4 Å². The molecule has 0 fully saturated rings. The molecule has 0 saturated heterocycles. The van der Waals surface area contributed by atoms with Crippen molar-refractivity contribution < 1.29 is 9.32 Å². The number of nitrogens with zero attached hydrogens (tertiary/aromatic N) is 2. The van der Waals surface area contributed by atoms with E-state index in [0.717, 1.165) is 16.2 Å². The maximum absolute atomic E-state index is 13.0. The molecule has 3 rings (SSSR count). The van der Waals surface area contributed by atoms with Gasteiger partial charge in [0.25, 0.3) is 0 Å². The zero-order chi connectivity index (χ0) is 16.1. The standard InChI is InChI=1S/C17H18N2O2S2/c20-12-19-13-22-16(18-19)11-23(21)17(14-7-3-1-4-8-14)15-9-5-2-6-10-15/h1-10,17,20H,11-13H2. The summed E-state index contributed by atoms with van der Waals surface area (Å²) < 4.78 is 13.0. The van der Waals surface area contributed by atoms with Crippen LogP contribution in [0, 0.1) is 0 Å². The molecule has 0 amide bonds. The first-order valence-corrected chi connectivity index (χ1v) is 9.68. The molecule has 0 radical (unpaired) electrons. The lowest BCUT2D eigenvalue weighted by Crippen LogP contribution is -2.16. The summed E-state index contributed by atoms with van der Waals surface area (Å²) in [5.74, 6) is 1.01. The number of benzene rings is 2. The highest BCUT2D eigenvalue weighted by molar-refractivity contribution is 8.15. The van der Waals surface area contributed by atoms with E-state index in [1.807, 2.05) is 60.7 Å². The molecule has 1 heterocycles. The largest absolute Gasteiger partial charge is 0.375 e. The van der Waals surface area contributed by atoms with Gasteiger partial charge in [0.15, 0.2) is 0 Å². The Hall–Kier alpha value is -1.63. The van der Waals surface area contributed by atoms with Gasteiger partial charge in [0.05, 0.1) is 16.9 Å². The van der Waals surface area contributed by atoms with Gasteiger partial charge >= 0.3 is 0 Å². The summed E-state index contributed by atoms with van der Waals surface area (Å²) in [5.41, 5.74) is 2.08. The lowest BCUT2D eigenvalue weighted by atomic mass is 10.0. The second-order valence-corrected chi connectivity index (χ2v) is 7.68. The third-order valence-corrected chi connectivity index (χ3v) is 6.33. The molecule has 4 nitrogen and oxygen atoms in total. The van der Waals surface area contributed by atoms with E-state index in [-0.39, 0.29) is 12.0 Å². The van der Waals surface area contributed by atoms with Crippen LogP contribution in [0.5, 0.6) is 0 Å². The van der Waals surface area contributed by atoms with Crippen LogP contribution in [-0.4, -0.2) is 37.7 Å². The van der Waals surface area contributed by atoms with Gasteiger partial charge in [-0.05, 0) is 11.1 Å². The molecule has 0 bridgehead atoms. The molecule has 23 heavy (non-hydrogen) atoms. The van der Waals surface area contributed by atoms with Crippen molar-refractivity contribution in [3.05, 3.63) is 71.8 Å². The number of hydrazone groups is 1. The zero-order valence-electron chi connectivity index (χ0n) is 12.5. The van der Waals surface area contributed by atoms with Crippen molar-refractivity contribution in [1.29, 1.82) is 0 Å². The smallest absolute Gasteiger partial charge is 0.132 e. The van der Waals surface area contributed by atoms with Crippen LogP contribution in [0.15, 0.2) is 65.8 Å². The minimum absolute atomic E-state index is 0.107. The van der Waals surface area contributed by atoms with Gasteiger partial charge in [-0.15, -0.1) is 0 Å². The number of aliphatic hydroxyl groups excluding tert-OH is 1. The molecule has 1 aliphatic rings. The Morgan fingerprint density at radius 2 is 1.65 bits per heavy atom. The van der Waals surface area contributed by atoms with Gasteiger partial charge in [0.1, 0.15) is 11.8 Å². The van der Waals surface area contributed by atoms with Gasteiger partial charge < -0.3 is 5.11 Å². The van der Waals surface area contributed by atoms with E-state index in [2.05, 4.69) is 5.10 Å². The Bertz CT molecular complexity index is 653. The lowest BCUT2D eigenvalue weighted by Gasteiger charge is -2.17. The Morgan fingerprint density at radius 1 is 1.09 bits per heavy atom. The number of thioether (sulfide) groups is 1. The quantitative estimate of drug-likeness (QED) is 0.874. The molecular weight excluding hydrogens is 328 g/mol. The fourth-order valence-corrected chi connectivity index (χ4v) is 5.15. The summed E-state index contributed by atoms with van der Waals surface area (Å²) >= 11 is 1.53. The highest BCUT2D eigenvalue weighted by Crippen LogP contribution is 2.29. The Balaban J connectivity index is 1.85. The molecular formula is C17H18N2O2S2. The van der Waals surface area contributed by atoms with E-state index >= 15 is 0 Å². The molecule has 1 N–H and O–H groups in total. The molecule has 2 aromatic carbocycles. The first kappa shape index (κ1) is 16.2. The van der Waals surface area contributed by atoms with Crippen molar-refractivity contribution in [2.45, 2.75) is 5.25 Å². The molecule has 1 aliphatic heterocycles. The summed E-state index contributed by atoms with van der Waals surface area (Å²) in [7, 11) is -1.13. The van der Waals surface area contributed by atoms with Crippen LogP contribution in [0.1, 0.15) is 16.4 Å². The van der Waals surface area contributed by atoms with Gasteiger partial charge in [-0.25, -0.2) is 0 Å². The Kier molecular flexibility index (Phi) is 5.48. The number of hydrogen-bond acceptors (Lipinski definition) is 5. The summed E-state index contributed by atoms with van der Waals surface area (Å²) in [5, 5.41) is 15.6. The SMILES string of the molecule is O=S(CC1=NN(CO)CS1)C(c1ccccc1)c1ccccc1. The average molecular weight is 346 g/mol. The first-order valence-electron chi connectivity index (χ1n) is 7.31. The Morgan fingerprint density at radius 3 is 2.13 bits per heavy atom. The minimum atomic E-state index is -1.13. The average Bonchev–Trinajstić information content (AvgIpc) is 3.04. The highest BCUT2D eigenvalue weighted by Gasteiger charge is 2.24. The molecule has 1 atom stereocenters. The molecule has 6 heteroatoms. The van der Waals surface area contributed by atoms with Crippen molar-refractivity contribution in [2.75, 3.05) is 18.4 Å². The van der Waals surface area contributed by atoms with E-state index < -0.39 is 10.8 Å².